The number of aliphatic hydroxyl groups is 1. The monoisotopic (exact) mass is 675 g/mol. The molecule has 9 nitrogen and oxygen atoms in total. The van der Waals surface area contributed by atoms with Gasteiger partial charge in [0.15, 0.2) is 6.17 Å². The molecule has 6 rings (SSSR count). The van der Waals surface area contributed by atoms with Crippen molar-refractivity contribution in [1.82, 2.24) is 9.55 Å². The predicted molar refractivity (Wildman–Crippen MR) is 188 cm³/mol. The Bertz CT molecular complexity index is 1950. The van der Waals surface area contributed by atoms with Crippen molar-refractivity contribution in [3.8, 4) is 11.5 Å². The van der Waals surface area contributed by atoms with Crippen molar-refractivity contribution in [2.45, 2.75) is 30.8 Å². The maximum atomic E-state index is 16.1. The van der Waals surface area contributed by atoms with Crippen molar-refractivity contribution in [2.75, 3.05) is 26.1 Å². The third-order valence-corrected chi connectivity index (χ3v) is 9.04. The Hall–Kier alpha value is -5.58. The molecule has 256 valence electrons. The summed E-state index contributed by atoms with van der Waals surface area (Å²) in [6.45, 7) is 1.60. The number of nitrogens with zero attached hydrogens (tertiary/aromatic N) is 2. The van der Waals surface area contributed by atoms with Crippen LogP contribution in [0.25, 0.3) is 0 Å². The fraction of sp³-hybridized carbons (Fsp3) is 0.225. The molecule has 0 spiro atoms. The van der Waals surface area contributed by atoms with Crippen molar-refractivity contribution < 1.29 is 28.5 Å². The van der Waals surface area contributed by atoms with E-state index in [9.17, 15) is 14.7 Å². The van der Waals surface area contributed by atoms with Gasteiger partial charge in [0.25, 0.3) is 5.91 Å². The van der Waals surface area contributed by atoms with E-state index in [2.05, 4.69) is 10.3 Å². The summed E-state index contributed by atoms with van der Waals surface area (Å²) in [5, 5.41) is 14.0. The standard InChI is InChI=1S/C40H38FN3O6/c1-26-24-44(39(47)43-37(26)42-38(46)27-10-6-4-7-11-27)34-23-14-28(36(45)35(34)41)25-50-40(29-12-8-5-9-13-29,30-15-19-32(48-2)20-16-30)31-17-21-33(49-3)22-18-31/h4-24,28,34-36,45H,25H2,1-3H3,(H,42,43,46,47)/t28-,34-,35+,36-/m1/s1. The van der Waals surface area contributed by atoms with Gasteiger partial charge < -0.3 is 24.6 Å². The number of nitrogens with one attached hydrogen (secondary N) is 1. The highest BCUT2D eigenvalue weighted by Gasteiger charge is 2.42. The highest BCUT2D eigenvalue weighted by atomic mass is 19.1. The van der Waals surface area contributed by atoms with Gasteiger partial charge in [-0.25, -0.2) is 9.18 Å². The van der Waals surface area contributed by atoms with Gasteiger partial charge in [0.05, 0.1) is 33.0 Å². The lowest BCUT2D eigenvalue weighted by molar-refractivity contribution is -0.0524. The van der Waals surface area contributed by atoms with Crippen LogP contribution in [0.3, 0.4) is 0 Å². The Morgan fingerprint density at radius 2 is 1.38 bits per heavy atom. The van der Waals surface area contributed by atoms with E-state index in [1.807, 2.05) is 78.9 Å². The molecule has 0 bridgehead atoms. The zero-order valence-electron chi connectivity index (χ0n) is 27.9. The molecule has 1 amide bonds. The second-order valence-electron chi connectivity index (χ2n) is 12.1. The number of methoxy groups -OCH3 is 2. The van der Waals surface area contributed by atoms with Gasteiger partial charge in [0.2, 0.25) is 0 Å². The molecule has 0 fully saturated rings. The quantitative estimate of drug-likeness (QED) is 0.126. The number of hydrogen-bond acceptors (Lipinski definition) is 7. The summed E-state index contributed by atoms with van der Waals surface area (Å²) in [6, 6.07) is 32.2. The number of aryl methyl sites for hydroxylation is 1. The number of hydrogen-bond donors (Lipinski definition) is 2. The number of allylic oxidation sites excluding steroid dienone is 1. The maximum Gasteiger partial charge on any atom is 0.350 e. The average molecular weight is 676 g/mol. The lowest BCUT2D eigenvalue weighted by atomic mass is 9.79. The Balaban J connectivity index is 1.30. The van der Waals surface area contributed by atoms with Gasteiger partial charge in [-0.2, -0.15) is 4.98 Å². The van der Waals surface area contributed by atoms with E-state index in [0.29, 0.717) is 22.6 Å². The van der Waals surface area contributed by atoms with E-state index >= 15 is 4.39 Å². The van der Waals surface area contributed by atoms with E-state index < -0.39 is 41.4 Å². The summed E-state index contributed by atoms with van der Waals surface area (Å²) in [4.78, 5) is 29.8. The van der Waals surface area contributed by atoms with Crippen LogP contribution < -0.4 is 20.5 Å². The van der Waals surface area contributed by atoms with Crippen LogP contribution in [0.15, 0.2) is 132 Å². The minimum Gasteiger partial charge on any atom is -0.497 e. The van der Waals surface area contributed by atoms with Gasteiger partial charge in [-0.1, -0.05) is 84.9 Å². The fourth-order valence-electron chi connectivity index (χ4n) is 6.29. The first-order valence-electron chi connectivity index (χ1n) is 16.2. The lowest BCUT2D eigenvalue weighted by Crippen LogP contribution is -2.45. The number of halogens is 1. The number of aromatic nitrogens is 2. The lowest BCUT2D eigenvalue weighted by Gasteiger charge is -2.39. The van der Waals surface area contributed by atoms with Crippen molar-refractivity contribution >= 4 is 11.7 Å². The first-order valence-corrected chi connectivity index (χ1v) is 16.2. The molecule has 4 aromatic carbocycles. The summed E-state index contributed by atoms with van der Waals surface area (Å²) < 4.78 is 35.0. The van der Waals surface area contributed by atoms with Crippen LogP contribution in [0.2, 0.25) is 0 Å². The summed E-state index contributed by atoms with van der Waals surface area (Å²) in [7, 11) is 3.20. The molecule has 0 unspecified atom stereocenters. The smallest absolute Gasteiger partial charge is 0.350 e. The van der Waals surface area contributed by atoms with Crippen molar-refractivity contribution in [3.63, 3.8) is 0 Å². The topological polar surface area (TPSA) is 112 Å². The van der Waals surface area contributed by atoms with E-state index in [-0.39, 0.29) is 12.4 Å². The molecule has 0 aliphatic heterocycles. The molecule has 0 saturated carbocycles. The minimum atomic E-state index is -1.86. The van der Waals surface area contributed by atoms with Crippen LogP contribution in [0, 0.1) is 12.8 Å². The van der Waals surface area contributed by atoms with Gasteiger partial charge >= 0.3 is 5.69 Å². The van der Waals surface area contributed by atoms with Gasteiger partial charge in [0.1, 0.15) is 22.9 Å². The van der Waals surface area contributed by atoms with E-state index in [4.69, 9.17) is 14.2 Å². The highest BCUT2D eigenvalue weighted by Crippen LogP contribution is 2.43. The van der Waals surface area contributed by atoms with Crippen molar-refractivity contribution in [1.29, 1.82) is 0 Å². The molecule has 0 radical (unpaired) electrons. The average Bonchev–Trinajstić information content (AvgIpc) is 3.16. The van der Waals surface area contributed by atoms with Crippen LogP contribution in [-0.4, -0.2) is 53.7 Å². The van der Waals surface area contributed by atoms with Crippen LogP contribution >= 0.6 is 0 Å². The molecule has 2 N–H and O–H groups in total. The number of carbonyl (C=O) groups excluding carboxylic acids is 1. The van der Waals surface area contributed by atoms with Crippen LogP contribution in [-0.2, 0) is 10.3 Å². The van der Waals surface area contributed by atoms with Crippen LogP contribution in [0.5, 0.6) is 11.5 Å². The molecule has 1 heterocycles. The van der Waals surface area contributed by atoms with E-state index in [1.165, 1.54) is 6.20 Å². The van der Waals surface area contributed by atoms with Gasteiger partial charge in [-0.3, -0.25) is 9.36 Å². The Labute approximate surface area is 289 Å². The number of rotatable bonds is 11. The number of aliphatic hydroxyl groups excluding tert-OH is 1. The maximum absolute atomic E-state index is 16.1. The summed E-state index contributed by atoms with van der Waals surface area (Å²) in [5.74, 6) is 0.253. The molecule has 1 aromatic heterocycles. The Morgan fingerprint density at radius 1 is 0.840 bits per heavy atom. The molecule has 1 aliphatic carbocycles. The fourth-order valence-corrected chi connectivity index (χ4v) is 6.29. The number of alkyl halides is 1. The SMILES string of the molecule is COc1ccc(C(OC[C@H]2C=C[C@@H](n3cc(C)c(NC(=O)c4ccccc4)nc3=O)[C@H](F)[C@@H]2O)(c2ccccc2)c2ccc(OC)cc2)cc1. The molecule has 1 aliphatic rings. The Kier molecular flexibility index (Phi) is 10.2. The van der Waals surface area contributed by atoms with Gasteiger partial charge in [-0.15, -0.1) is 0 Å². The molecule has 50 heavy (non-hydrogen) atoms. The molecule has 0 saturated heterocycles. The van der Waals surface area contributed by atoms with Crippen LogP contribution in [0.4, 0.5) is 10.2 Å². The molecule has 4 atom stereocenters. The van der Waals surface area contributed by atoms with Gasteiger partial charge in [-0.05, 0) is 60.0 Å². The predicted octanol–water partition coefficient (Wildman–Crippen LogP) is 6.26. The molecular weight excluding hydrogens is 637 g/mol. The van der Waals surface area contributed by atoms with E-state index in [1.54, 1.807) is 63.6 Å². The summed E-state index contributed by atoms with van der Waals surface area (Å²) >= 11 is 0. The van der Waals surface area contributed by atoms with Gasteiger partial charge in [0, 0.05) is 23.2 Å². The van der Waals surface area contributed by atoms with E-state index in [0.717, 1.165) is 21.3 Å². The third kappa shape index (κ3) is 6.80. The van der Waals surface area contributed by atoms with Crippen LogP contribution in [0.1, 0.15) is 38.7 Å². The third-order valence-electron chi connectivity index (χ3n) is 9.04. The first-order chi connectivity index (χ1) is 24.2. The largest absolute Gasteiger partial charge is 0.497 e. The highest BCUT2D eigenvalue weighted by molar-refractivity contribution is 6.04. The molecule has 10 heteroatoms. The molecule has 5 aromatic rings. The Morgan fingerprint density at radius 3 is 1.94 bits per heavy atom. The number of ether oxygens (including phenoxy) is 3. The normalized spacial score (nSPS) is 18.7. The summed E-state index contributed by atoms with van der Waals surface area (Å²) in [5.41, 5.74) is 1.36. The zero-order valence-corrected chi connectivity index (χ0v) is 27.9. The van der Waals surface area contributed by atoms with Crippen molar-refractivity contribution in [2.24, 2.45) is 5.92 Å². The first kappa shape index (κ1) is 34.3. The number of anilines is 1. The summed E-state index contributed by atoms with van der Waals surface area (Å²) in [6.07, 6.45) is 1.31. The second kappa shape index (κ2) is 14.9. The molecular formula is C40H38FN3O6. The number of amides is 1. The minimum absolute atomic E-state index is 0.0611. The second-order valence-corrected chi connectivity index (χ2v) is 12.1. The zero-order chi connectivity index (χ0) is 35.3. The number of carbonyl (C=O) groups is 1. The number of benzene rings is 4. The van der Waals surface area contributed by atoms with Crippen molar-refractivity contribution in [3.05, 3.63) is 166 Å².